The number of rotatable bonds is 15. The molecular weight excluding hydrogens is 296 g/mol. The molecule has 0 aromatic heterocycles. The van der Waals surface area contributed by atoms with Crippen molar-refractivity contribution in [3.8, 4) is 5.75 Å². The summed E-state index contributed by atoms with van der Waals surface area (Å²) in [7, 11) is 0. The van der Waals surface area contributed by atoms with Crippen LogP contribution in [0.25, 0.3) is 0 Å². The highest BCUT2D eigenvalue weighted by Gasteiger charge is 2.07. The van der Waals surface area contributed by atoms with Crippen LogP contribution >= 0.6 is 0 Å². The van der Waals surface area contributed by atoms with E-state index in [-0.39, 0.29) is 5.75 Å². The van der Waals surface area contributed by atoms with Gasteiger partial charge in [-0.3, -0.25) is 0 Å². The van der Waals surface area contributed by atoms with Gasteiger partial charge in [-0.2, -0.15) is 0 Å². The average Bonchev–Trinajstić information content (AvgIpc) is 2.59. The van der Waals surface area contributed by atoms with Crippen LogP contribution in [-0.2, 0) is 0 Å². The van der Waals surface area contributed by atoms with Gasteiger partial charge in [-0.1, -0.05) is 103 Å². The van der Waals surface area contributed by atoms with Crippen LogP contribution in [0.4, 0.5) is 0 Å². The Balaban J connectivity index is 1.87. The summed E-state index contributed by atoms with van der Waals surface area (Å²) < 4.78 is 0. The van der Waals surface area contributed by atoms with Crippen LogP contribution in [-0.4, -0.2) is 10.2 Å². The predicted molar refractivity (Wildman–Crippen MR) is 103 cm³/mol. The first-order valence-electron chi connectivity index (χ1n) is 10.2. The van der Waals surface area contributed by atoms with Crippen molar-refractivity contribution < 1.29 is 10.2 Å². The van der Waals surface area contributed by atoms with E-state index in [1.807, 2.05) is 6.07 Å². The first-order chi connectivity index (χ1) is 11.7. The number of hydrogen-bond donors (Lipinski definition) is 2. The van der Waals surface area contributed by atoms with Gasteiger partial charge < -0.3 is 10.2 Å². The first kappa shape index (κ1) is 21.0. The minimum absolute atomic E-state index is 0.233. The van der Waals surface area contributed by atoms with Crippen molar-refractivity contribution in [3.05, 3.63) is 29.8 Å². The summed E-state index contributed by atoms with van der Waals surface area (Å²) in [5.41, 5.74) is 0.828. The molecular formula is C22H38O2. The van der Waals surface area contributed by atoms with E-state index in [1.165, 1.54) is 77.0 Å². The van der Waals surface area contributed by atoms with Gasteiger partial charge >= 0.3 is 0 Å². The van der Waals surface area contributed by atoms with Crippen LogP contribution in [0.3, 0.4) is 0 Å². The molecule has 0 fully saturated rings. The highest BCUT2D eigenvalue weighted by atomic mass is 16.3. The monoisotopic (exact) mass is 334 g/mol. The molecule has 0 saturated carbocycles. The Morgan fingerprint density at radius 1 is 0.750 bits per heavy atom. The van der Waals surface area contributed by atoms with E-state index in [9.17, 15) is 10.2 Å². The van der Waals surface area contributed by atoms with E-state index in [4.69, 9.17) is 0 Å². The van der Waals surface area contributed by atoms with Crippen molar-refractivity contribution in [3.63, 3.8) is 0 Å². The lowest BCUT2D eigenvalue weighted by atomic mass is 10.0. The molecule has 0 amide bonds. The second-order valence-corrected chi connectivity index (χ2v) is 7.14. The second-order valence-electron chi connectivity index (χ2n) is 7.14. The summed E-state index contributed by atoms with van der Waals surface area (Å²) in [5.74, 6) is 0.233. The zero-order chi connectivity index (χ0) is 17.5. The Bertz CT molecular complexity index is 403. The summed E-state index contributed by atoms with van der Waals surface area (Å²) in [6, 6.07) is 6.97. The molecule has 0 bridgehead atoms. The Kier molecular flexibility index (Phi) is 12.6. The van der Waals surface area contributed by atoms with Crippen LogP contribution in [0.15, 0.2) is 24.3 Å². The number of aromatic hydroxyl groups is 1. The van der Waals surface area contributed by atoms with E-state index < -0.39 is 6.10 Å². The molecule has 1 aromatic rings. The SMILES string of the molecule is CCCCCCCCCCCCCCCC(O)c1cccc(O)c1. The maximum Gasteiger partial charge on any atom is 0.115 e. The summed E-state index contributed by atoms with van der Waals surface area (Å²) in [6.45, 7) is 2.27. The molecule has 1 unspecified atom stereocenters. The smallest absolute Gasteiger partial charge is 0.115 e. The summed E-state index contributed by atoms with van der Waals surface area (Å²) >= 11 is 0. The molecule has 2 N–H and O–H groups in total. The minimum atomic E-state index is -0.440. The molecule has 1 atom stereocenters. The second kappa shape index (κ2) is 14.3. The average molecular weight is 335 g/mol. The Labute approximate surface area is 149 Å². The van der Waals surface area contributed by atoms with Crippen LogP contribution in [0.2, 0.25) is 0 Å². The van der Waals surface area contributed by atoms with Gasteiger partial charge in [0, 0.05) is 0 Å². The van der Waals surface area contributed by atoms with Gasteiger partial charge in [-0.25, -0.2) is 0 Å². The number of benzene rings is 1. The fourth-order valence-corrected chi connectivity index (χ4v) is 3.25. The molecule has 0 radical (unpaired) electrons. The number of phenolic OH excluding ortho intramolecular Hbond substituents is 1. The van der Waals surface area contributed by atoms with Crippen LogP contribution in [0.1, 0.15) is 108 Å². The molecule has 0 aliphatic rings. The normalized spacial score (nSPS) is 12.4. The topological polar surface area (TPSA) is 40.5 Å². The van der Waals surface area contributed by atoms with Crippen molar-refractivity contribution in [2.45, 2.75) is 103 Å². The number of hydrogen-bond acceptors (Lipinski definition) is 2. The molecule has 1 aromatic carbocycles. The molecule has 1 rings (SSSR count). The van der Waals surface area contributed by atoms with Crippen molar-refractivity contribution in [2.24, 2.45) is 0 Å². The van der Waals surface area contributed by atoms with Gasteiger partial charge in [0.05, 0.1) is 6.10 Å². The van der Waals surface area contributed by atoms with Gasteiger partial charge in [0.15, 0.2) is 0 Å². The zero-order valence-electron chi connectivity index (χ0n) is 15.7. The summed E-state index contributed by atoms with van der Waals surface area (Å²) in [5, 5.41) is 19.5. The summed E-state index contributed by atoms with van der Waals surface area (Å²) in [4.78, 5) is 0. The Morgan fingerprint density at radius 2 is 1.25 bits per heavy atom. The molecule has 0 heterocycles. The quantitative estimate of drug-likeness (QED) is 0.342. The van der Waals surface area contributed by atoms with Gasteiger partial charge in [0.2, 0.25) is 0 Å². The fourth-order valence-electron chi connectivity index (χ4n) is 3.25. The lowest BCUT2D eigenvalue weighted by Gasteiger charge is -2.11. The third-order valence-corrected chi connectivity index (χ3v) is 4.84. The van der Waals surface area contributed by atoms with E-state index >= 15 is 0 Å². The Morgan fingerprint density at radius 3 is 1.75 bits per heavy atom. The van der Waals surface area contributed by atoms with Gasteiger partial charge in [0.1, 0.15) is 5.75 Å². The maximum atomic E-state index is 10.1. The van der Waals surface area contributed by atoms with E-state index in [0.29, 0.717) is 0 Å². The maximum absolute atomic E-state index is 10.1. The zero-order valence-corrected chi connectivity index (χ0v) is 15.7. The highest BCUT2D eigenvalue weighted by molar-refractivity contribution is 5.28. The number of unbranched alkanes of at least 4 members (excludes halogenated alkanes) is 12. The largest absolute Gasteiger partial charge is 0.508 e. The van der Waals surface area contributed by atoms with Crippen LogP contribution in [0, 0.1) is 0 Å². The van der Waals surface area contributed by atoms with Crippen molar-refractivity contribution in [2.75, 3.05) is 0 Å². The first-order valence-corrected chi connectivity index (χ1v) is 10.2. The van der Waals surface area contributed by atoms with E-state index in [2.05, 4.69) is 6.92 Å². The van der Waals surface area contributed by atoms with Crippen LogP contribution < -0.4 is 0 Å². The van der Waals surface area contributed by atoms with Gasteiger partial charge in [-0.15, -0.1) is 0 Å². The van der Waals surface area contributed by atoms with Gasteiger partial charge in [0.25, 0.3) is 0 Å². The third kappa shape index (κ3) is 10.7. The molecule has 0 spiro atoms. The molecule has 2 nitrogen and oxygen atoms in total. The number of aliphatic hydroxyl groups is 1. The molecule has 0 aliphatic carbocycles. The molecule has 0 saturated heterocycles. The number of phenols is 1. The molecule has 24 heavy (non-hydrogen) atoms. The van der Waals surface area contributed by atoms with Crippen molar-refractivity contribution in [1.82, 2.24) is 0 Å². The predicted octanol–water partition coefficient (Wildman–Crippen LogP) is 6.91. The molecule has 138 valence electrons. The van der Waals surface area contributed by atoms with E-state index in [1.54, 1.807) is 18.2 Å². The van der Waals surface area contributed by atoms with E-state index in [0.717, 1.165) is 18.4 Å². The number of aliphatic hydroxyl groups excluding tert-OH is 1. The lowest BCUT2D eigenvalue weighted by molar-refractivity contribution is 0.163. The summed E-state index contributed by atoms with van der Waals surface area (Å²) in [6.07, 6.45) is 17.8. The fraction of sp³-hybridized carbons (Fsp3) is 0.727. The lowest BCUT2D eigenvalue weighted by Crippen LogP contribution is -1.97. The molecule has 2 heteroatoms. The van der Waals surface area contributed by atoms with Crippen LogP contribution in [0.5, 0.6) is 5.75 Å². The molecule has 0 aliphatic heterocycles. The Hall–Kier alpha value is -1.02. The minimum Gasteiger partial charge on any atom is -0.508 e. The third-order valence-electron chi connectivity index (χ3n) is 4.84. The van der Waals surface area contributed by atoms with Crippen molar-refractivity contribution >= 4 is 0 Å². The van der Waals surface area contributed by atoms with Crippen molar-refractivity contribution in [1.29, 1.82) is 0 Å². The standard InChI is InChI=1S/C22H38O2/c1-2-3-4-5-6-7-8-9-10-11-12-13-14-18-22(24)20-16-15-17-21(23)19-20/h15-17,19,22-24H,2-14,18H2,1H3. The van der Waals surface area contributed by atoms with Gasteiger partial charge in [-0.05, 0) is 24.1 Å². The highest BCUT2D eigenvalue weighted by Crippen LogP contribution is 2.23.